The highest BCUT2D eigenvalue weighted by molar-refractivity contribution is 5.80. The van der Waals surface area contributed by atoms with E-state index in [0.29, 0.717) is 25.7 Å². The van der Waals surface area contributed by atoms with Gasteiger partial charge < -0.3 is 24.1 Å². The zero-order valence-electron chi connectivity index (χ0n) is 15.5. The number of aliphatic imine (C=N–C) groups is 1. The van der Waals surface area contributed by atoms with Gasteiger partial charge in [-0.3, -0.25) is 0 Å². The summed E-state index contributed by atoms with van der Waals surface area (Å²) >= 11 is 0. The lowest BCUT2D eigenvalue weighted by atomic mass is 10.1. The second-order valence-corrected chi connectivity index (χ2v) is 6.52. The predicted molar refractivity (Wildman–Crippen MR) is 99.9 cm³/mol. The molecule has 0 amide bonds. The first kappa shape index (κ1) is 19.5. The van der Waals surface area contributed by atoms with Crippen molar-refractivity contribution in [2.24, 2.45) is 10.9 Å². The third kappa shape index (κ3) is 7.32. The molecule has 0 radical (unpaired) electrons. The van der Waals surface area contributed by atoms with Crippen molar-refractivity contribution in [2.75, 3.05) is 53.1 Å². The number of likely N-dealkylation sites (tertiary alicyclic amines) is 1. The molecule has 2 heterocycles. The van der Waals surface area contributed by atoms with E-state index in [1.165, 1.54) is 0 Å². The molecule has 0 aliphatic carbocycles. The van der Waals surface area contributed by atoms with Crippen LogP contribution in [0.5, 0.6) is 0 Å². The lowest BCUT2D eigenvalue weighted by Gasteiger charge is -2.22. The van der Waals surface area contributed by atoms with Crippen molar-refractivity contribution >= 4 is 5.96 Å². The standard InChI is InChI=1S/C19H31N3O3/c1-16(2)13-21-19(20-8-6-18-5-4-10-25-18)22-9-7-17(14-22)15-24-12-11-23-3/h4-5,10,17H,1,6-9,11-15H2,2-3H3,(H,20,21). The van der Waals surface area contributed by atoms with Crippen LogP contribution in [0.4, 0.5) is 0 Å². The first-order valence-corrected chi connectivity index (χ1v) is 8.95. The fourth-order valence-electron chi connectivity index (χ4n) is 2.78. The van der Waals surface area contributed by atoms with E-state index in [-0.39, 0.29) is 0 Å². The van der Waals surface area contributed by atoms with E-state index in [4.69, 9.17) is 18.9 Å². The lowest BCUT2D eigenvalue weighted by Crippen LogP contribution is -2.41. The van der Waals surface area contributed by atoms with Gasteiger partial charge in [-0.15, -0.1) is 0 Å². The number of guanidine groups is 1. The van der Waals surface area contributed by atoms with Crippen molar-refractivity contribution < 1.29 is 13.9 Å². The third-order valence-electron chi connectivity index (χ3n) is 4.10. The molecule has 0 saturated carbocycles. The van der Waals surface area contributed by atoms with E-state index in [1.54, 1.807) is 13.4 Å². The zero-order chi connectivity index (χ0) is 17.9. The van der Waals surface area contributed by atoms with Gasteiger partial charge in [-0.25, -0.2) is 4.99 Å². The molecule has 1 aromatic heterocycles. The van der Waals surface area contributed by atoms with Gasteiger partial charge in [-0.1, -0.05) is 12.2 Å². The van der Waals surface area contributed by atoms with Crippen LogP contribution in [0, 0.1) is 5.92 Å². The molecule has 0 bridgehead atoms. The number of ether oxygens (including phenoxy) is 2. The molecule has 1 unspecified atom stereocenters. The SMILES string of the molecule is C=C(C)CN=C(NCCc1ccco1)N1CCC(COCCOC)C1. The number of hydrogen-bond acceptors (Lipinski definition) is 4. The Morgan fingerprint density at radius 3 is 3.08 bits per heavy atom. The summed E-state index contributed by atoms with van der Waals surface area (Å²) in [7, 11) is 1.69. The molecule has 1 aliphatic heterocycles. The van der Waals surface area contributed by atoms with Crippen LogP contribution < -0.4 is 5.32 Å². The topological polar surface area (TPSA) is 59.2 Å². The summed E-state index contributed by atoms with van der Waals surface area (Å²) in [6, 6.07) is 3.91. The Morgan fingerprint density at radius 2 is 2.36 bits per heavy atom. The van der Waals surface area contributed by atoms with Crippen LogP contribution in [0.1, 0.15) is 19.1 Å². The number of nitrogens with zero attached hydrogens (tertiary/aromatic N) is 2. The van der Waals surface area contributed by atoms with E-state index in [2.05, 4.69) is 16.8 Å². The maximum absolute atomic E-state index is 5.68. The van der Waals surface area contributed by atoms with Crippen LogP contribution in [-0.4, -0.2) is 64.0 Å². The Hall–Kier alpha value is -1.79. The van der Waals surface area contributed by atoms with E-state index >= 15 is 0 Å². The van der Waals surface area contributed by atoms with Gasteiger partial charge in [-0.2, -0.15) is 0 Å². The predicted octanol–water partition coefficient (Wildman–Crippen LogP) is 2.33. The molecule has 1 fully saturated rings. The summed E-state index contributed by atoms with van der Waals surface area (Å²) in [4.78, 5) is 7.02. The molecule has 1 atom stereocenters. The number of furan rings is 1. The van der Waals surface area contributed by atoms with Gasteiger partial charge in [0, 0.05) is 39.1 Å². The van der Waals surface area contributed by atoms with Crippen LogP contribution in [-0.2, 0) is 15.9 Å². The van der Waals surface area contributed by atoms with Gasteiger partial charge in [-0.05, 0) is 25.5 Å². The molecule has 1 N–H and O–H groups in total. The third-order valence-corrected chi connectivity index (χ3v) is 4.10. The Kier molecular flexibility index (Phi) is 8.55. The van der Waals surface area contributed by atoms with Crippen molar-refractivity contribution in [2.45, 2.75) is 19.8 Å². The van der Waals surface area contributed by atoms with Crippen LogP contribution in [0.25, 0.3) is 0 Å². The monoisotopic (exact) mass is 349 g/mol. The van der Waals surface area contributed by atoms with Crippen LogP contribution in [0.3, 0.4) is 0 Å². The highest BCUT2D eigenvalue weighted by Gasteiger charge is 2.25. The average molecular weight is 349 g/mol. The van der Waals surface area contributed by atoms with Crippen molar-refractivity contribution in [3.63, 3.8) is 0 Å². The highest BCUT2D eigenvalue weighted by atomic mass is 16.5. The van der Waals surface area contributed by atoms with Gasteiger partial charge in [0.2, 0.25) is 0 Å². The molecule has 25 heavy (non-hydrogen) atoms. The normalized spacial score (nSPS) is 17.9. The molecule has 1 aliphatic rings. The van der Waals surface area contributed by atoms with Crippen LogP contribution in [0.15, 0.2) is 40.0 Å². The molecular weight excluding hydrogens is 318 g/mol. The Balaban J connectivity index is 1.80. The fourth-order valence-corrected chi connectivity index (χ4v) is 2.78. The van der Waals surface area contributed by atoms with E-state index in [9.17, 15) is 0 Å². The van der Waals surface area contributed by atoms with Gasteiger partial charge in [0.15, 0.2) is 5.96 Å². The molecule has 1 saturated heterocycles. The number of nitrogens with one attached hydrogen (secondary N) is 1. The van der Waals surface area contributed by atoms with E-state index in [0.717, 1.165) is 56.4 Å². The maximum Gasteiger partial charge on any atom is 0.194 e. The summed E-state index contributed by atoms with van der Waals surface area (Å²) in [6.07, 6.45) is 3.68. The molecule has 140 valence electrons. The minimum absolute atomic E-state index is 0.541. The zero-order valence-corrected chi connectivity index (χ0v) is 15.5. The molecule has 2 rings (SSSR count). The van der Waals surface area contributed by atoms with Gasteiger partial charge in [0.25, 0.3) is 0 Å². The van der Waals surface area contributed by atoms with Gasteiger partial charge in [0.1, 0.15) is 5.76 Å². The highest BCUT2D eigenvalue weighted by Crippen LogP contribution is 2.17. The fraction of sp³-hybridized carbons (Fsp3) is 0.632. The smallest absolute Gasteiger partial charge is 0.194 e. The quantitative estimate of drug-likeness (QED) is 0.304. The minimum atomic E-state index is 0.541. The minimum Gasteiger partial charge on any atom is -0.469 e. The molecule has 0 aromatic carbocycles. The van der Waals surface area contributed by atoms with Crippen molar-refractivity contribution in [3.8, 4) is 0 Å². The summed E-state index contributed by atoms with van der Waals surface area (Å²) < 4.78 is 16.1. The Labute approximate surface area is 150 Å². The van der Waals surface area contributed by atoms with Crippen molar-refractivity contribution in [1.82, 2.24) is 10.2 Å². The first-order chi connectivity index (χ1) is 12.2. The first-order valence-electron chi connectivity index (χ1n) is 8.95. The molecule has 6 nitrogen and oxygen atoms in total. The van der Waals surface area contributed by atoms with Gasteiger partial charge in [0.05, 0.1) is 32.6 Å². The van der Waals surface area contributed by atoms with Crippen LogP contribution in [0.2, 0.25) is 0 Å². The average Bonchev–Trinajstić information content (AvgIpc) is 3.26. The lowest BCUT2D eigenvalue weighted by molar-refractivity contribution is 0.0536. The molecule has 1 aromatic rings. The summed E-state index contributed by atoms with van der Waals surface area (Å²) in [5, 5.41) is 3.47. The number of methoxy groups -OCH3 is 1. The summed E-state index contributed by atoms with van der Waals surface area (Å²) in [6.45, 7) is 11.4. The largest absolute Gasteiger partial charge is 0.469 e. The Morgan fingerprint density at radius 1 is 1.48 bits per heavy atom. The van der Waals surface area contributed by atoms with E-state index < -0.39 is 0 Å². The molecule has 0 spiro atoms. The van der Waals surface area contributed by atoms with E-state index in [1.807, 2.05) is 19.1 Å². The molecule has 6 heteroatoms. The number of rotatable bonds is 10. The van der Waals surface area contributed by atoms with Crippen molar-refractivity contribution in [1.29, 1.82) is 0 Å². The van der Waals surface area contributed by atoms with Gasteiger partial charge >= 0.3 is 0 Å². The summed E-state index contributed by atoms with van der Waals surface area (Å²) in [5.41, 5.74) is 1.06. The summed E-state index contributed by atoms with van der Waals surface area (Å²) in [5.74, 6) is 2.48. The second kappa shape index (κ2) is 10.9. The Bertz CT molecular complexity index is 528. The number of hydrogen-bond donors (Lipinski definition) is 1. The van der Waals surface area contributed by atoms with Crippen LogP contribution >= 0.6 is 0 Å². The maximum atomic E-state index is 5.68. The molecular formula is C19H31N3O3. The van der Waals surface area contributed by atoms with Crippen molar-refractivity contribution in [3.05, 3.63) is 36.3 Å². The second-order valence-electron chi connectivity index (χ2n) is 6.52.